The van der Waals surface area contributed by atoms with Gasteiger partial charge in [-0.2, -0.15) is 0 Å². The minimum Gasteiger partial charge on any atom is -0.352 e. The summed E-state index contributed by atoms with van der Waals surface area (Å²) >= 11 is 0. The summed E-state index contributed by atoms with van der Waals surface area (Å²) in [5.74, 6) is 0.592. The molecule has 2 aromatic carbocycles. The van der Waals surface area contributed by atoms with Crippen molar-refractivity contribution in [2.24, 2.45) is 5.92 Å². The molecule has 0 aliphatic heterocycles. The van der Waals surface area contributed by atoms with Crippen LogP contribution in [-0.4, -0.2) is 5.91 Å². The maximum Gasteiger partial charge on any atom is 0.227 e. The normalized spacial score (nSPS) is 12.2. The van der Waals surface area contributed by atoms with Crippen LogP contribution >= 0.6 is 0 Å². The average molecular weight is 295 g/mol. The fraction of sp³-hybridized carbons (Fsp3) is 0.350. The molecule has 0 aromatic heterocycles. The summed E-state index contributed by atoms with van der Waals surface area (Å²) in [7, 11) is 0. The molecule has 0 bridgehead atoms. The number of amides is 1. The third-order valence-electron chi connectivity index (χ3n) is 3.83. The van der Waals surface area contributed by atoms with E-state index >= 15 is 0 Å². The van der Waals surface area contributed by atoms with Crippen molar-refractivity contribution in [1.82, 2.24) is 5.32 Å². The quantitative estimate of drug-likeness (QED) is 0.845. The Balaban J connectivity index is 1.92. The molecule has 22 heavy (non-hydrogen) atoms. The molecule has 0 aliphatic rings. The van der Waals surface area contributed by atoms with Gasteiger partial charge in [0.2, 0.25) is 5.91 Å². The van der Waals surface area contributed by atoms with Crippen molar-refractivity contribution in [2.75, 3.05) is 0 Å². The number of nitrogens with one attached hydrogen (secondary N) is 1. The zero-order valence-corrected chi connectivity index (χ0v) is 13.7. The number of hydrogen-bond acceptors (Lipinski definition) is 1. The van der Waals surface area contributed by atoms with E-state index in [0.717, 1.165) is 17.5 Å². The lowest BCUT2D eigenvalue weighted by molar-refractivity contribution is -0.122. The summed E-state index contributed by atoms with van der Waals surface area (Å²) in [5, 5.41) is 3.01. The molecule has 0 radical (unpaired) electrons. The highest BCUT2D eigenvalue weighted by atomic mass is 16.1. The molecule has 0 saturated carbocycles. The maximum atomic E-state index is 12.3. The summed E-state index contributed by atoms with van der Waals surface area (Å²) in [6.07, 6.45) is 1.08. The van der Waals surface area contributed by atoms with Gasteiger partial charge in [0.1, 0.15) is 0 Å². The van der Waals surface area contributed by atoms with Gasteiger partial charge >= 0.3 is 0 Å². The van der Waals surface area contributed by atoms with Crippen LogP contribution in [0.15, 0.2) is 54.6 Å². The largest absolute Gasteiger partial charge is 0.352 e. The van der Waals surface area contributed by atoms with Gasteiger partial charge in [0, 0.05) is 6.54 Å². The van der Waals surface area contributed by atoms with Gasteiger partial charge in [0.15, 0.2) is 0 Å². The van der Waals surface area contributed by atoms with Crippen LogP contribution in [0.4, 0.5) is 0 Å². The van der Waals surface area contributed by atoms with Gasteiger partial charge in [-0.3, -0.25) is 4.79 Å². The van der Waals surface area contributed by atoms with Crippen molar-refractivity contribution in [2.45, 2.75) is 39.7 Å². The van der Waals surface area contributed by atoms with E-state index in [4.69, 9.17) is 0 Å². The van der Waals surface area contributed by atoms with Gasteiger partial charge in [-0.25, -0.2) is 0 Å². The van der Waals surface area contributed by atoms with E-state index in [1.54, 1.807) is 0 Å². The summed E-state index contributed by atoms with van der Waals surface area (Å²) in [6, 6.07) is 18.4. The predicted octanol–water partition coefficient (Wildman–Crippen LogP) is 4.31. The molecule has 0 aliphatic carbocycles. The molecule has 0 unspecified atom stereocenters. The van der Waals surface area contributed by atoms with Crippen LogP contribution in [0.5, 0.6) is 0 Å². The topological polar surface area (TPSA) is 29.1 Å². The Kier molecular flexibility index (Phi) is 5.76. The van der Waals surface area contributed by atoms with Crippen molar-refractivity contribution in [3.63, 3.8) is 0 Å². The molecule has 2 aromatic rings. The predicted molar refractivity (Wildman–Crippen MR) is 91.7 cm³/mol. The van der Waals surface area contributed by atoms with E-state index in [1.165, 1.54) is 5.56 Å². The van der Waals surface area contributed by atoms with Crippen LogP contribution in [0.3, 0.4) is 0 Å². The van der Waals surface area contributed by atoms with Crippen molar-refractivity contribution in [1.29, 1.82) is 0 Å². The smallest absolute Gasteiger partial charge is 0.227 e. The second kappa shape index (κ2) is 7.79. The molecule has 2 heteroatoms. The molecule has 1 atom stereocenters. The number of hydrogen-bond donors (Lipinski definition) is 1. The number of benzene rings is 2. The highest BCUT2D eigenvalue weighted by molar-refractivity contribution is 5.83. The molecule has 1 N–H and O–H groups in total. The highest BCUT2D eigenvalue weighted by Gasteiger charge is 2.14. The van der Waals surface area contributed by atoms with Gasteiger partial charge < -0.3 is 5.32 Å². The van der Waals surface area contributed by atoms with Crippen LogP contribution in [0.1, 0.15) is 43.4 Å². The molecule has 0 heterocycles. The summed E-state index contributed by atoms with van der Waals surface area (Å²) in [5.41, 5.74) is 3.52. The van der Waals surface area contributed by atoms with Gasteiger partial charge in [-0.1, -0.05) is 68.4 Å². The zero-order chi connectivity index (χ0) is 15.9. The maximum absolute atomic E-state index is 12.3. The average Bonchev–Trinajstić information content (AvgIpc) is 2.53. The van der Waals surface area contributed by atoms with Crippen LogP contribution in [0.25, 0.3) is 0 Å². The molecular formula is C20H25NO. The Bertz CT molecular complexity index is 587. The number of carbonyl (C=O) groups is 1. The van der Waals surface area contributed by atoms with Crippen molar-refractivity contribution < 1.29 is 4.79 Å². The minimum atomic E-state index is -0.128. The molecule has 0 fully saturated rings. The Morgan fingerprint density at radius 3 is 2.14 bits per heavy atom. The molecular weight excluding hydrogens is 270 g/mol. The van der Waals surface area contributed by atoms with Gasteiger partial charge in [0.05, 0.1) is 5.92 Å². The summed E-state index contributed by atoms with van der Waals surface area (Å²) in [4.78, 5) is 12.3. The first kappa shape index (κ1) is 16.3. The third-order valence-corrected chi connectivity index (χ3v) is 3.83. The molecule has 2 nitrogen and oxygen atoms in total. The standard InChI is InChI=1S/C20H25NO/c1-15(2)13-17-9-11-19(12-10-17)16(3)20(22)21-14-18-7-5-4-6-8-18/h4-12,15-16H,13-14H2,1-3H3,(H,21,22)/t16-/m1/s1. The van der Waals surface area contributed by atoms with E-state index in [0.29, 0.717) is 12.5 Å². The van der Waals surface area contributed by atoms with Crippen LogP contribution in [-0.2, 0) is 17.8 Å². The van der Waals surface area contributed by atoms with E-state index < -0.39 is 0 Å². The van der Waals surface area contributed by atoms with Crippen LogP contribution < -0.4 is 5.32 Å². The lowest BCUT2D eigenvalue weighted by Gasteiger charge is -2.14. The Morgan fingerprint density at radius 2 is 1.55 bits per heavy atom. The monoisotopic (exact) mass is 295 g/mol. The SMILES string of the molecule is CC(C)Cc1ccc([C@@H](C)C(=O)NCc2ccccc2)cc1. The Labute approximate surface area is 133 Å². The van der Waals surface area contributed by atoms with Crippen LogP contribution in [0, 0.1) is 5.92 Å². The van der Waals surface area contributed by atoms with Crippen molar-refractivity contribution in [3.8, 4) is 0 Å². The Morgan fingerprint density at radius 1 is 0.909 bits per heavy atom. The van der Waals surface area contributed by atoms with E-state index in [1.807, 2.05) is 37.3 Å². The van der Waals surface area contributed by atoms with Gasteiger partial charge in [0.25, 0.3) is 0 Å². The molecule has 0 saturated heterocycles. The van der Waals surface area contributed by atoms with Crippen molar-refractivity contribution >= 4 is 5.91 Å². The third kappa shape index (κ3) is 4.73. The minimum absolute atomic E-state index is 0.0699. The molecule has 116 valence electrons. The van der Waals surface area contributed by atoms with Crippen LogP contribution in [0.2, 0.25) is 0 Å². The molecule has 0 spiro atoms. The fourth-order valence-corrected chi connectivity index (χ4v) is 2.50. The van der Waals surface area contributed by atoms with E-state index in [-0.39, 0.29) is 11.8 Å². The lowest BCUT2D eigenvalue weighted by Crippen LogP contribution is -2.27. The first-order valence-electron chi connectivity index (χ1n) is 7.96. The highest BCUT2D eigenvalue weighted by Crippen LogP contribution is 2.18. The lowest BCUT2D eigenvalue weighted by atomic mass is 9.96. The first-order chi connectivity index (χ1) is 10.6. The molecule has 2 rings (SSSR count). The zero-order valence-electron chi connectivity index (χ0n) is 13.7. The Hall–Kier alpha value is -2.09. The fourth-order valence-electron chi connectivity index (χ4n) is 2.50. The number of rotatable bonds is 6. The second-order valence-electron chi connectivity index (χ2n) is 6.26. The van der Waals surface area contributed by atoms with Gasteiger partial charge in [-0.05, 0) is 36.0 Å². The van der Waals surface area contributed by atoms with Crippen molar-refractivity contribution in [3.05, 3.63) is 71.3 Å². The first-order valence-corrected chi connectivity index (χ1v) is 7.96. The van der Waals surface area contributed by atoms with Gasteiger partial charge in [-0.15, -0.1) is 0 Å². The molecule has 1 amide bonds. The summed E-state index contributed by atoms with van der Waals surface area (Å²) in [6.45, 7) is 6.97. The summed E-state index contributed by atoms with van der Waals surface area (Å²) < 4.78 is 0. The number of carbonyl (C=O) groups excluding carboxylic acids is 1. The van der Waals surface area contributed by atoms with E-state index in [2.05, 4.69) is 43.4 Å². The van der Waals surface area contributed by atoms with E-state index in [9.17, 15) is 4.79 Å². The second-order valence-corrected chi connectivity index (χ2v) is 6.26.